The molecule has 0 aromatic heterocycles. The van der Waals surface area contributed by atoms with E-state index in [2.05, 4.69) is 5.32 Å². The van der Waals surface area contributed by atoms with Gasteiger partial charge in [-0.2, -0.15) is 0 Å². The Morgan fingerprint density at radius 3 is 2.44 bits per heavy atom. The van der Waals surface area contributed by atoms with Crippen LogP contribution in [0.15, 0.2) is 0 Å². The van der Waals surface area contributed by atoms with Gasteiger partial charge in [-0.05, 0) is 32.6 Å². The lowest BCUT2D eigenvalue weighted by molar-refractivity contribution is -0.150. The average Bonchev–Trinajstić information content (AvgIpc) is 3.09. The van der Waals surface area contributed by atoms with E-state index >= 15 is 0 Å². The third-order valence-electron chi connectivity index (χ3n) is 3.90. The van der Waals surface area contributed by atoms with Crippen LogP contribution < -0.4 is 5.32 Å². The van der Waals surface area contributed by atoms with Crippen molar-refractivity contribution in [3.05, 3.63) is 0 Å². The Morgan fingerprint density at radius 1 is 1.33 bits per heavy atom. The lowest BCUT2D eigenvalue weighted by Gasteiger charge is -2.38. The van der Waals surface area contributed by atoms with Crippen molar-refractivity contribution in [1.29, 1.82) is 0 Å². The highest BCUT2D eigenvalue weighted by Gasteiger charge is 2.49. The number of nitrogens with zero attached hydrogens (tertiary/aromatic N) is 1. The van der Waals surface area contributed by atoms with Gasteiger partial charge in [0.15, 0.2) is 0 Å². The molecule has 1 heterocycles. The minimum atomic E-state index is -1.15. The van der Waals surface area contributed by atoms with Gasteiger partial charge in [-0.25, -0.2) is 4.79 Å². The molecule has 1 saturated carbocycles. The highest BCUT2D eigenvalue weighted by atomic mass is 16.2. The number of urea groups is 1. The van der Waals surface area contributed by atoms with E-state index in [1.165, 1.54) is 17.7 Å². The van der Waals surface area contributed by atoms with E-state index in [4.69, 9.17) is 0 Å². The van der Waals surface area contributed by atoms with Crippen LogP contribution in [-0.4, -0.2) is 28.8 Å². The number of nitrogens with one attached hydrogen (secondary N) is 1. The number of carbonyl (C=O) groups is 3. The summed E-state index contributed by atoms with van der Waals surface area (Å²) in [6.45, 7) is 5.10. The van der Waals surface area contributed by atoms with Crippen molar-refractivity contribution in [2.75, 3.05) is 0 Å². The second-order valence-corrected chi connectivity index (χ2v) is 5.80. The molecule has 0 radical (unpaired) electrons. The monoisotopic (exact) mass is 252 g/mol. The molecule has 0 aromatic rings. The third kappa shape index (κ3) is 2.13. The summed E-state index contributed by atoms with van der Waals surface area (Å²) in [5.74, 6) is -0.241. The summed E-state index contributed by atoms with van der Waals surface area (Å²) >= 11 is 0. The molecular weight excluding hydrogens is 232 g/mol. The molecule has 5 heteroatoms. The minimum absolute atomic E-state index is 0.0858. The van der Waals surface area contributed by atoms with E-state index in [9.17, 15) is 14.4 Å². The summed E-state index contributed by atoms with van der Waals surface area (Å²) in [4.78, 5) is 37.1. The number of carbonyl (C=O) groups excluding carboxylic acids is 3. The smallest absolute Gasteiger partial charge is 0.277 e. The van der Waals surface area contributed by atoms with Gasteiger partial charge in [-0.3, -0.25) is 19.8 Å². The average molecular weight is 252 g/mol. The minimum Gasteiger partial charge on any atom is -0.277 e. The summed E-state index contributed by atoms with van der Waals surface area (Å²) in [6, 6.07) is -0.644. The first-order valence-electron chi connectivity index (χ1n) is 6.57. The predicted molar refractivity (Wildman–Crippen MR) is 65.6 cm³/mol. The second-order valence-electron chi connectivity index (χ2n) is 5.80. The van der Waals surface area contributed by atoms with E-state index in [-0.39, 0.29) is 11.9 Å². The van der Waals surface area contributed by atoms with E-state index in [0.717, 1.165) is 12.8 Å². The van der Waals surface area contributed by atoms with Crippen LogP contribution >= 0.6 is 0 Å². The zero-order chi connectivity index (χ0) is 13.5. The van der Waals surface area contributed by atoms with Gasteiger partial charge >= 0.3 is 6.03 Å². The van der Waals surface area contributed by atoms with Crippen molar-refractivity contribution in [1.82, 2.24) is 10.2 Å². The quantitative estimate of drug-likeness (QED) is 0.774. The predicted octanol–water partition coefficient (Wildman–Crippen LogP) is 1.67. The normalized spacial score (nSPS) is 25.1. The molecule has 1 atom stereocenters. The Labute approximate surface area is 107 Å². The third-order valence-corrected chi connectivity index (χ3v) is 3.90. The second kappa shape index (κ2) is 4.37. The molecule has 1 aliphatic carbocycles. The zero-order valence-corrected chi connectivity index (χ0v) is 11.2. The Bertz CT molecular complexity index is 399. The van der Waals surface area contributed by atoms with Gasteiger partial charge in [0.25, 0.3) is 0 Å². The molecular formula is C13H20N2O3. The number of amides is 4. The summed E-state index contributed by atoms with van der Waals surface area (Å²) in [6.07, 6.45) is 3.96. The number of hydrogen-bond acceptors (Lipinski definition) is 3. The van der Waals surface area contributed by atoms with E-state index in [1.54, 1.807) is 13.8 Å². The fourth-order valence-electron chi connectivity index (χ4n) is 2.33. The van der Waals surface area contributed by atoms with Gasteiger partial charge in [0.2, 0.25) is 11.8 Å². The van der Waals surface area contributed by atoms with Gasteiger partial charge in [0, 0.05) is 6.04 Å². The standard InChI is InChI=1S/C13H20N2O3/c1-4-9(7-8-5-6-8)15-11(17)13(2,3)10(16)14-12(15)18/h8-9H,4-7H2,1-3H3,(H,14,16,18). The van der Waals surface area contributed by atoms with Crippen LogP contribution in [0.1, 0.15) is 46.5 Å². The Kier molecular flexibility index (Phi) is 3.17. The molecule has 1 aliphatic heterocycles. The van der Waals surface area contributed by atoms with Crippen LogP contribution in [0, 0.1) is 11.3 Å². The van der Waals surface area contributed by atoms with Gasteiger partial charge in [-0.15, -0.1) is 0 Å². The van der Waals surface area contributed by atoms with Crippen LogP contribution in [0.25, 0.3) is 0 Å². The van der Waals surface area contributed by atoms with Crippen molar-refractivity contribution < 1.29 is 14.4 Å². The van der Waals surface area contributed by atoms with Crippen molar-refractivity contribution in [3.8, 4) is 0 Å². The lowest BCUT2D eigenvalue weighted by Crippen LogP contribution is -2.64. The van der Waals surface area contributed by atoms with E-state index in [0.29, 0.717) is 5.92 Å². The fraction of sp³-hybridized carbons (Fsp3) is 0.769. The van der Waals surface area contributed by atoms with Crippen molar-refractivity contribution in [2.24, 2.45) is 11.3 Å². The molecule has 1 saturated heterocycles. The maximum absolute atomic E-state index is 12.3. The first-order valence-corrected chi connectivity index (χ1v) is 6.57. The van der Waals surface area contributed by atoms with Gasteiger partial charge in [0.05, 0.1) is 0 Å². The SMILES string of the molecule is CCC(CC1CC1)N1C(=O)NC(=O)C(C)(C)C1=O. The van der Waals surface area contributed by atoms with E-state index in [1.807, 2.05) is 6.92 Å². The van der Waals surface area contributed by atoms with Gasteiger partial charge in [0.1, 0.15) is 5.41 Å². The van der Waals surface area contributed by atoms with Gasteiger partial charge < -0.3 is 0 Å². The number of imide groups is 2. The number of rotatable bonds is 4. The molecule has 0 bridgehead atoms. The molecule has 1 unspecified atom stereocenters. The summed E-state index contributed by atoms with van der Waals surface area (Å²) in [5, 5.41) is 2.29. The maximum atomic E-state index is 12.3. The van der Waals surface area contributed by atoms with Crippen LogP contribution in [0.3, 0.4) is 0 Å². The molecule has 5 nitrogen and oxygen atoms in total. The number of hydrogen-bond donors (Lipinski definition) is 1. The molecule has 0 spiro atoms. The van der Waals surface area contributed by atoms with Gasteiger partial charge in [-0.1, -0.05) is 19.8 Å². The van der Waals surface area contributed by atoms with Crippen LogP contribution in [0.5, 0.6) is 0 Å². The topological polar surface area (TPSA) is 66.5 Å². The van der Waals surface area contributed by atoms with Crippen molar-refractivity contribution in [3.63, 3.8) is 0 Å². The summed E-state index contributed by atoms with van der Waals surface area (Å²) < 4.78 is 0. The van der Waals surface area contributed by atoms with Crippen molar-refractivity contribution >= 4 is 17.8 Å². The summed E-state index contributed by atoms with van der Waals surface area (Å²) in [5.41, 5.74) is -1.15. The largest absolute Gasteiger partial charge is 0.331 e. The summed E-state index contributed by atoms with van der Waals surface area (Å²) in [7, 11) is 0. The molecule has 2 fully saturated rings. The Morgan fingerprint density at radius 2 is 1.94 bits per heavy atom. The Balaban J connectivity index is 2.20. The van der Waals surface area contributed by atoms with Crippen molar-refractivity contribution in [2.45, 2.75) is 52.5 Å². The molecule has 4 amide bonds. The first-order chi connectivity index (χ1) is 8.37. The molecule has 1 N–H and O–H groups in total. The fourth-order valence-corrected chi connectivity index (χ4v) is 2.33. The molecule has 100 valence electrons. The van der Waals surface area contributed by atoms with Crippen LogP contribution in [-0.2, 0) is 9.59 Å². The molecule has 2 aliphatic rings. The molecule has 0 aromatic carbocycles. The van der Waals surface area contributed by atoms with Crippen LogP contribution in [0.2, 0.25) is 0 Å². The zero-order valence-electron chi connectivity index (χ0n) is 11.2. The number of barbiturate groups is 1. The molecule has 2 rings (SSSR count). The highest BCUT2D eigenvalue weighted by molar-refractivity contribution is 6.18. The Hall–Kier alpha value is -1.39. The highest BCUT2D eigenvalue weighted by Crippen LogP contribution is 2.37. The van der Waals surface area contributed by atoms with E-state index < -0.39 is 17.4 Å². The molecule has 18 heavy (non-hydrogen) atoms. The van der Waals surface area contributed by atoms with Crippen LogP contribution in [0.4, 0.5) is 4.79 Å². The maximum Gasteiger partial charge on any atom is 0.331 e. The first kappa shape index (κ1) is 13.1. The lowest BCUT2D eigenvalue weighted by atomic mass is 9.87.